The Labute approximate surface area is 126 Å². The van der Waals surface area contributed by atoms with Gasteiger partial charge in [0.1, 0.15) is 0 Å². The summed E-state index contributed by atoms with van der Waals surface area (Å²) >= 11 is 0. The second kappa shape index (κ2) is 6.74. The van der Waals surface area contributed by atoms with Gasteiger partial charge in [0, 0.05) is 20.0 Å². The molecule has 0 unspecified atom stereocenters. The number of rotatable bonds is 4. The minimum atomic E-state index is -0.172. The average molecular weight is 288 g/mol. The van der Waals surface area contributed by atoms with Crippen LogP contribution in [0.3, 0.4) is 0 Å². The van der Waals surface area contributed by atoms with Crippen molar-refractivity contribution >= 4 is 11.8 Å². The third-order valence-corrected chi connectivity index (χ3v) is 4.02. The van der Waals surface area contributed by atoms with Gasteiger partial charge in [-0.1, -0.05) is 44.2 Å². The van der Waals surface area contributed by atoms with E-state index < -0.39 is 0 Å². The normalized spacial score (nSPS) is 22.5. The smallest absolute Gasteiger partial charge is 0.225 e. The third-order valence-electron chi connectivity index (χ3n) is 4.02. The first kappa shape index (κ1) is 15.5. The van der Waals surface area contributed by atoms with Crippen LogP contribution in [0.1, 0.15) is 38.3 Å². The Morgan fingerprint density at radius 1 is 1.33 bits per heavy atom. The molecule has 0 bridgehead atoms. The van der Waals surface area contributed by atoms with E-state index in [0.717, 1.165) is 5.56 Å². The SMILES string of the molecule is CC(C)CNC(=O)[C@@H]1CCC(=O)N(C)[C@@H]1c1ccccc1. The van der Waals surface area contributed by atoms with Gasteiger partial charge in [0.25, 0.3) is 0 Å². The zero-order valence-electron chi connectivity index (χ0n) is 13.0. The molecule has 21 heavy (non-hydrogen) atoms. The highest BCUT2D eigenvalue weighted by Crippen LogP contribution is 2.35. The van der Waals surface area contributed by atoms with Crippen LogP contribution in [0, 0.1) is 11.8 Å². The van der Waals surface area contributed by atoms with Crippen molar-refractivity contribution in [2.75, 3.05) is 13.6 Å². The molecule has 2 amide bonds. The molecule has 1 saturated heterocycles. The van der Waals surface area contributed by atoms with Gasteiger partial charge >= 0.3 is 0 Å². The van der Waals surface area contributed by atoms with Gasteiger partial charge in [0.05, 0.1) is 12.0 Å². The molecule has 114 valence electrons. The number of hydrogen-bond donors (Lipinski definition) is 1. The molecule has 1 aliphatic rings. The van der Waals surface area contributed by atoms with Crippen LogP contribution in [0.2, 0.25) is 0 Å². The summed E-state index contributed by atoms with van der Waals surface area (Å²) in [6.07, 6.45) is 1.06. The summed E-state index contributed by atoms with van der Waals surface area (Å²) in [5.74, 6) is 0.412. The van der Waals surface area contributed by atoms with Crippen LogP contribution in [-0.2, 0) is 9.59 Å². The molecule has 1 fully saturated rings. The predicted octanol–water partition coefficient (Wildman–Crippen LogP) is 2.37. The van der Waals surface area contributed by atoms with Crippen molar-refractivity contribution in [3.8, 4) is 0 Å². The van der Waals surface area contributed by atoms with E-state index in [2.05, 4.69) is 19.2 Å². The fraction of sp³-hybridized carbons (Fsp3) is 0.529. The van der Waals surface area contributed by atoms with Crippen molar-refractivity contribution in [3.05, 3.63) is 35.9 Å². The zero-order valence-corrected chi connectivity index (χ0v) is 13.0. The second-order valence-corrected chi connectivity index (χ2v) is 6.14. The summed E-state index contributed by atoms with van der Waals surface area (Å²) in [4.78, 5) is 26.2. The van der Waals surface area contributed by atoms with E-state index in [1.807, 2.05) is 30.3 Å². The van der Waals surface area contributed by atoms with E-state index in [1.165, 1.54) is 0 Å². The van der Waals surface area contributed by atoms with Crippen LogP contribution in [0.5, 0.6) is 0 Å². The van der Waals surface area contributed by atoms with E-state index in [1.54, 1.807) is 11.9 Å². The first-order chi connectivity index (χ1) is 10.0. The molecule has 4 heteroatoms. The number of carbonyl (C=O) groups excluding carboxylic acids is 2. The number of benzene rings is 1. The number of amides is 2. The Kier molecular flexibility index (Phi) is 4.99. The molecule has 0 aromatic heterocycles. The van der Waals surface area contributed by atoms with Crippen molar-refractivity contribution in [1.29, 1.82) is 0 Å². The Morgan fingerprint density at radius 2 is 2.00 bits per heavy atom. The summed E-state index contributed by atoms with van der Waals surface area (Å²) in [6, 6.07) is 9.66. The van der Waals surface area contributed by atoms with E-state index in [4.69, 9.17) is 0 Å². The Bertz CT molecular complexity index is 499. The van der Waals surface area contributed by atoms with Crippen molar-refractivity contribution in [1.82, 2.24) is 10.2 Å². The second-order valence-electron chi connectivity index (χ2n) is 6.14. The number of carbonyl (C=O) groups is 2. The van der Waals surface area contributed by atoms with Crippen LogP contribution in [-0.4, -0.2) is 30.3 Å². The molecule has 2 rings (SSSR count). The molecule has 0 saturated carbocycles. The number of nitrogens with one attached hydrogen (secondary N) is 1. The summed E-state index contributed by atoms with van der Waals surface area (Å²) in [5.41, 5.74) is 1.03. The summed E-state index contributed by atoms with van der Waals surface area (Å²) in [5, 5.41) is 3.01. The van der Waals surface area contributed by atoms with E-state index in [9.17, 15) is 9.59 Å². The fourth-order valence-electron chi connectivity index (χ4n) is 2.85. The fourth-order valence-corrected chi connectivity index (χ4v) is 2.85. The van der Waals surface area contributed by atoms with Crippen molar-refractivity contribution in [3.63, 3.8) is 0 Å². The highest BCUT2D eigenvalue weighted by Gasteiger charge is 2.38. The molecular formula is C17H24N2O2. The lowest BCUT2D eigenvalue weighted by Gasteiger charge is -2.38. The maximum absolute atomic E-state index is 12.5. The van der Waals surface area contributed by atoms with Gasteiger partial charge in [-0.05, 0) is 17.9 Å². The van der Waals surface area contributed by atoms with Gasteiger partial charge in [-0.15, -0.1) is 0 Å². The van der Waals surface area contributed by atoms with Crippen LogP contribution in [0.4, 0.5) is 0 Å². The van der Waals surface area contributed by atoms with E-state index in [0.29, 0.717) is 25.3 Å². The predicted molar refractivity (Wildman–Crippen MR) is 82.5 cm³/mol. The zero-order chi connectivity index (χ0) is 15.4. The molecule has 1 aliphatic heterocycles. The van der Waals surface area contributed by atoms with Crippen LogP contribution < -0.4 is 5.32 Å². The molecule has 0 aliphatic carbocycles. The van der Waals surface area contributed by atoms with Gasteiger partial charge in [-0.25, -0.2) is 0 Å². The lowest BCUT2D eigenvalue weighted by molar-refractivity contribution is -0.141. The van der Waals surface area contributed by atoms with Crippen molar-refractivity contribution in [2.24, 2.45) is 11.8 Å². The topological polar surface area (TPSA) is 49.4 Å². The highest BCUT2D eigenvalue weighted by molar-refractivity contribution is 5.84. The van der Waals surface area contributed by atoms with Gasteiger partial charge in [-0.2, -0.15) is 0 Å². The Hall–Kier alpha value is -1.84. The average Bonchev–Trinajstić information content (AvgIpc) is 2.48. The Morgan fingerprint density at radius 3 is 2.62 bits per heavy atom. The maximum atomic E-state index is 12.5. The summed E-state index contributed by atoms with van der Waals surface area (Å²) in [7, 11) is 1.79. The monoisotopic (exact) mass is 288 g/mol. The standard InChI is InChI=1S/C17H24N2O2/c1-12(2)11-18-17(21)14-9-10-15(20)19(3)16(14)13-7-5-4-6-8-13/h4-8,12,14,16H,9-11H2,1-3H3,(H,18,21)/t14-,16-/m1/s1. The van der Waals surface area contributed by atoms with E-state index in [-0.39, 0.29) is 23.8 Å². The molecule has 1 heterocycles. The molecular weight excluding hydrogens is 264 g/mol. The molecule has 0 radical (unpaired) electrons. The molecule has 2 atom stereocenters. The largest absolute Gasteiger partial charge is 0.356 e. The lowest BCUT2D eigenvalue weighted by Crippen LogP contribution is -2.46. The van der Waals surface area contributed by atoms with Crippen molar-refractivity contribution in [2.45, 2.75) is 32.7 Å². The van der Waals surface area contributed by atoms with Crippen LogP contribution in [0.15, 0.2) is 30.3 Å². The quantitative estimate of drug-likeness (QED) is 0.924. The number of hydrogen-bond acceptors (Lipinski definition) is 2. The lowest BCUT2D eigenvalue weighted by atomic mass is 9.84. The van der Waals surface area contributed by atoms with Crippen molar-refractivity contribution < 1.29 is 9.59 Å². The minimum Gasteiger partial charge on any atom is -0.356 e. The van der Waals surface area contributed by atoms with Gasteiger partial charge in [0.15, 0.2) is 0 Å². The first-order valence-electron chi connectivity index (χ1n) is 7.59. The van der Waals surface area contributed by atoms with Crippen LogP contribution in [0.25, 0.3) is 0 Å². The molecule has 1 aromatic rings. The highest BCUT2D eigenvalue weighted by atomic mass is 16.2. The molecule has 4 nitrogen and oxygen atoms in total. The Balaban J connectivity index is 2.21. The third kappa shape index (κ3) is 3.63. The maximum Gasteiger partial charge on any atom is 0.225 e. The van der Waals surface area contributed by atoms with Gasteiger partial charge in [-0.3, -0.25) is 9.59 Å². The number of likely N-dealkylation sites (tertiary alicyclic amines) is 1. The molecule has 1 N–H and O–H groups in total. The molecule has 0 spiro atoms. The van der Waals surface area contributed by atoms with Gasteiger partial charge in [0.2, 0.25) is 11.8 Å². The van der Waals surface area contributed by atoms with Crippen LogP contribution >= 0.6 is 0 Å². The summed E-state index contributed by atoms with van der Waals surface area (Å²) in [6.45, 7) is 4.82. The first-order valence-corrected chi connectivity index (χ1v) is 7.59. The number of nitrogens with zero attached hydrogens (tertiary/aromatic N) is 1. The summed E-state index contributed by atoms with van der Waals surface area (Å²) < 4.78 is 0. The number of piperidine rings is 1. The minimum absolute atomic E-state index is 0.0527. The molecule has 1 aromatic carbocycles. The van der Waals surface area contributed by atoms with Gasteiger partial charge < -0.3 is 10.2 Å². The van der Waals surface area contributed by atoms with E-state index >= 15 is 0 Å².